The summed E-state index contributed by atoms with van der Waals surface area (Å²) in [6.07, 6.45) is -4.78. The first kappa shape index (κ1) is 22.0. The minimum atomic E-state index is -4.78. The smallest absolute Gasteiger partial charge is 0.416 e. The van der Waals surface area contributed by atoms with Crippen molar-refractivity contribution in [3.05, 3.63) is 86.5 Å². The minimum absolute atomic E-state index is 0.0359. The predicted octanol–water partition coefficient (Wildman–Crippen LogP) is 4.64. The van der Waals surface area contributed by atoms with E-state index in [2.05, 4.69) is 20.3 Å². The van der Waals surface area contributed by atoms with Crippen molar-refractivity contribution >= 4 is 11.3 Å². The van der Waals surface area contributed by atoms with E-state index >= 15 is 0 Å². The fourth-order valence-corrected chi connectivity index (χ4v) is 3.67. The first-order chi connectivity index (χ1) is 16.6. The number of aryl methyl sites for hydroxylation is 1. The van der Waals surface area contributed by atoms with Crippen LogP contribution in [0.3, 0.4) is 0 Å². The quantitative estimate of drug-likeness (QED) is 0.291. The summed E-state index contributed by atoms with van der Waals surface area (Å²) in [6.45, 7) is 1.45. The Morgan fingerprint density at radius 3 is 2.26 bits per heavy atom. The summed E-state index contributed by atoms with van der Waals surface area (Å²) in [5.41, 5.74) is -2.11. The Balaban J connectivity index is 1.67. The highest BCUT2D eigenvalue weighted by Crippen LogP contribution is 2.38. The van der Waals surface area contributed by atoms with Crippen LogP contribution in [0.4, 0.5) is 18.9 Å². The second-order valence-electron chi connectivity index (χ2n) is 7.48. The van der Waals surface area contributed by atoms with E-state index in [1.165, 1.54) is 43.3 Å². The largest absolute Gasteiger partial charge is 0.433 e. The van der Waals surface area contributed by atoms with Gasteiger partial charge < -0.3 is 4.42 Å². The molecule has 0 spiro atoms. The van der Waals surface area contributed by atoms with Gasteiger partial charge >= 0.3 is 6.18 Å². The molecule has 2 aromatic carbocycles. The van der Waals surface area contributed by atoms with Crippen molar-refractivity contribution < 1.29 is 22.5 Å². The van der Waals surface area contributed by atoms with Gasteiger partial charge in [0.1, 0.15) is 11.3 Å². The SMILES string of the molecule is Cc1nc2c(-c3ccccc3)c(C(F)(F)F)[nH]n2c(=O)c1-c1nnc(-c2ccc([N+](=O)[O-])cc2)o1. The molecule has 0 aliphatic heterocycles. The van der Waals surface area contributed by atoms with Gasteiger partial charge in [-0.1, -0.05) is 30.3 Å². The van der Waals surface area contributed by atoms with Gasteiger partial charge in [-0.25, -0.2) is 4.98 Å². The Kier molecular flexibility index (Phi) is 4.97. The van der Waals surface area contributed by atoms with Crippen molar-refractivity contribution in [1.29, 1.82) is 0 Å². The number of halogens is 3. The molecular formula is C22H13F3N6O4. The fraction of sp³-hybridized carbons (Fsp3) is 0.0909. The zero-order valence-electron chi connectivity index (χ0n) is 17.7. The zero-order chi connectivity index (χ0) is 24.9. The fourth-order valence-electron chi connectivity index (χ4n) is 3.67. The van der Waals surface area contributed by atoms with Crippen LogP contribution in [0.15, 0.2) is 63.8 Å². The summed E-state index contributed by atoms with van der Waals surface area (Å²) in [4.78, 5) is 27.8. The molecule has 0 aliphatic rings. The summed E-state index contributed by atoms with van der Waals surface area (Å²) in [5, 5.41) is 20.7. The van der Waals surface area contributed by atoms with Crippen LogP contribution in [0, 0.1) is 17.0 Å². The summed E-state index contributed by atoms with van der Waals surface area (Å²) in [7, 11) is 0. The summed E-state index contributed by atoms with van der Waals surface area (Å²) < 4.78 is 47.8. The molecule has 13 heteroatoms. The van der Waals surface area contributed by atoms with Crippen molar-refractivity contribution in [2.75, 3.05) is 0 Å². The monoisotopic (exact) mass is 482 g/mol. The second-order valence-corrected chi connectivity index (χ2v) is 7.48. The second kappa shape index (κ2) is 7.90. The standard InChI is InChI=1S/C22H13F3N6O4/c1-11-15(20-28-27-19(35-20)13-7-9-14(10-8-13)31(33)34)21(32)30-18(26-11)16(12-5-3-2-4-6-12)17(29-30)22(23,24)25/h2-10,29H,1H3. The van der Waals surface area contributed by atoms with Gasteiger partial charge in [-0.15, -0.1) is 10.2 Å². The summed E-state index contributed by atoms with van der Waals surface area (Å²) >= 11 is 0. The number of rotatable bonds is 4. The molecule has 0 aliphatic carbocycles. The third-order valence-corrected chi connectivity index (χ3v) is 5.27. The molecule has 5 rings (SSSR count). The van der Waals surface area contributed by atoms with Gasteiger partial charge in [-0.2, -0.15) is 17.7 Å². The van der Waals surface area contributed by atoms with Crippen LogP contribution in [0.25, 0.3) is 39.7 Å². The van der Waals surface area contributed by atoms with E-state index in [-0.39, 0.29) is 45.5 Å². The molecule has 3 aromatic heterocycles. The van der Waals surface area contributed by atoms with Crippen molar-refractivity contribution in [2.24, 2.45) is 0 Å². The molecule has 35 heavy (non-hydrogen) atoms. The van der Waals surface area contributed by atoms with Crippen molar-refractivity contribution in [3.8, 4) is 34.0 Å². The number of nitrogens with zero attached hydrogens (tertiary/aromatic N) is 5. The van der Waals surface area contributed by atoms with Gasteiger partial charge in [0.25, 0.3) is 17.1 Å². The number of non-ortho nitro benzene ring substituents is 1. The number of fused-ring (bicyclic) bond motifs is 1. The number of H-pyrrole nitrogens is 1. The highest BCUT2D eigenvalue weighted by atomic mass is 19.4. The van der Waals surface area contributed by atoms with E-state index in [0.29, 0.717) is 10.1 Å². The number of nitrogens with one attached hydrogen (secondary N) is 1. The van der Waals surface area contributed by atoms with Gasteiger partial charge in [-0.3, -0.25) is 20.0 Å². The molecular weight excluding hydrogens is 469 g/mol. The van der Waals surface area contributed by atoms with Gasteiger partial charge in [0, 0.05) is 17.7 Å². The number of hydrogen-bond donors (Lipinski definition) is 1. The first-order valence-electron chi connectivity index (χ1n) is 10.0. The number of aromatic nitrogens is 5. The van der Waals surface area contributed by atoms with Gasteiger partial charge in [0.15, 0.2) is 5.65 Å². The maximum atomic E-state index is 13.8. The predicted molar refractivity (Wildman–Crippen MR) is 116 cm³/mol. The normalized spacial score (nSPS) is 11.8. The van der Waals surface area contributed by atoms with Crippen molar-refractivity contribution in [1.82, 2.24) is 24.8 Å². The molecule has 176 valence electrons. The molecule has 0 amide bonds. The number of hydrogen-bond acceptors (Lipinski definition) is 7. The number of benzene rings is 2. The minimum Gasteiger partial charge on any atom is -0.416 e. The van der Waals surface area contributed by atoms with Crippen LogP contribution < -0.4 is 5.56 Å². The topological polar surface area (TPSA) is 132 Å². The van der Waals surface area contributed by atoms with E-state index in [0.717, 1.165) is 0 Å². The molecule has 5 aromatic rings. The molecule has 3 heterocycles. The summed E-state index contributed by atoms with van der Waals surface area (Å²) in [6, 6.07) is 13.1. The van der Waals surface area contributed by atoms with E-state index in [1.807, 2.05) is 0 Å². The molecule has 10 nitrogen and oxygen atoms in total. The maximum Gasteiger partial charge on any atom is 0.433 e. The van der Waals surface area contributed by atoms with Crippen LogP contribution in [-0.4, -0.2) is 29.7 Å². The van der Waals surface area contributed by atoms with Gasteiger partial charge in [0.2, 0.25) is 5.89 Å². The molecule has 0 saturated heterocycles. The maximum absolute atomic E-state index is 13.8. The number of nitro groups is 1. The lowest BCUT2D eigenvalue weighted by Gasteiger charge is -2.07. The van der Waals surface area contributed by atoms with Gasteiger partial charge in [-0.05, 0) is 24.6 Å². The highest BCUT2D eigenvalue weighted by Gasteiger charge is 2.38. The van der Waals surface area contributed by atoms with Crippen LogP contribution in [0.1, 0.15) is 11.4 Å². The Bertz CT molecular complexity index is 1640. The summed E-state index contributed by atoms with van der Waals surface area (Å²) in [5.74, 6) is -0.293. The lowest BCUT2D eigenvalue weighted by molar-refractivity contribution is -0.384. The van der Waals surface area contributed by atoms with E-state index in [1.54, 1.807) is 18.2 Å². The van der Waals surface area contributed by atoms with E-state index in [9.17, 15) is 28.1 Å². The average molecular weight is 482 g/mol. The molecule has 0 radical (unpaired) electrons. The van der Waals surface area contributed by atoms with Crippen molar-refractivity contribution in [3.63, 3.8) is 0 Å². The molecule has 0 fully saturated rings. The molecule has 0 saturated carbocycles. The molecule has 0 bridgehead atoms. The molecule has 0 unspecified atom stereocenters. The average Bonchev–Trinajstić information content (AvgIpc) is 3.45. The lowest BCUT2D eigenvalue weighted by Crippen LogP contribution is -2.20. The third kappa shape index (κ3) is 3.72. The van der Waals surface area contributed by atoms with Crippen molar-refractivity contribution in [2.45, 2.75) is 13.1 Å². The zero-order valence-corrected chi connectivity index (χ0v) is 17.7. The number of nitro benzene ring substituents is 1. The Labute approximate surface area is 192 Å². The number of alkyl halides is 3. The number of aromatic amines is 1. The van der Waals surface area contributed by atoms with Crippen LogP contribution >= 0.6 is 0 Å². The first-order valence-corrected chi connectivity index (χ1v) is 10.0. The van der Waals surface area contributed by atoms with Gasteiger partial charge in [0.05, 0.1) is 16.2 Å². The highest BCUT2D eigenvalue weighted by molar-refractivity contribution is 5.81. The Hall–Kier alpha value is -4.81. The van der Waals surface area contributed by atoms with Crippen LogP contribution in [0.2, 0.25) is 0 Å². The Morgan fingerprint density at radius 2 is 1.63 bits per heavy atom. The van der Waals surface area contributed by atoms with Crippen LogP contribution in [-0.2, 0) is 6.18 Å². The molecule has 1 N–H and O–H groups in total. The lowest BCUT2D eigenvalue weighted by atomic mass is 10.1. The van der Waals surface area contributed by atoms with E-state index in [4.69, 9.17) is 4.42 Å². The Morgan fingerprint density at radius 1 is 0.971 bits per heavy atom. The third-order valence-electron chi connectivity index (χ3n) is 5.27. The van der Waals surface area contributed by atoms with E-state index < -0.39 is 22.4 Å². The van der Waals surface area contributed by atoms with Crippen LogP contribution in [0.5, 0.6) is 0 Å². The molecule has 0 atom stereocenters.